The molecule has 0 bridgehead atoms. The zero-order valence-corrected chi connectivity index (χ0v) is 13.7. The van der Waals surface area contributed by atoms with E-state index in [-0.39, 0.29) is 12.1 Å². The molecule has 2 atom stereocenters. The lowest BCUT2D eigenvalue weighted by Gasteiger charge is -2.12. The number of anilines is 1. The minimum absolute atomic E-state index is 0.127. The van der Waals surface area contributed by atoms with Crippen molar-refractivity contribution in [3.8, 4) is 0 Å². The molecule has 0 spiro atoms. The van der Waals surface area contributed by atoms with Crippen LogP contribution in [-0.2, 0) is 15.8 Å². The highest BCUT2D eigenvalue weighted by Crippen LogP contribution is 2.50. The van der Waals surface area contributed by atoms with Gasteiger partial charge in [-0.2, -0.15) is 13.2 Å². The first-order valence-corrected chi connectivity index (χ1v) is 8.37. The van der Waals surface area contributed by atoms with Gasteiger partial charge in [-0.25, -0.2) is 4.98 Å². The fourth-order valence-corrected chi connectivity index (χ4v) is 3.20. The van der Waals surface area contributed by atoms with Gasteiger partial charge >= 0.3 is 6.18 Å². The Labute approximate surface area is 145 Å². The smallest absolute Gasteiger partial charge is 0.347 e. The van der Waals surface area contributed by atoms with Crippen molar-refractivity contribution in [1.82, 2.24) is 10.3 Å². The van der Waals surface area contributed by atoms with Crippen LogP contribution in [0.2, 0.25) is 0 Å². The van der Waals surface area contributed by atoms with E-state index in [1.54, 1.807) is 5.38 Å². The van der Waals surface area contributed by atoms with Crippen LogP contribution in [0.5, 0.6) is 0 Å². The van der Waals surface area contributed by atoms with Crippen molar-refractivity contribution in [2.24, 2.45) is 5.92 Å². The Morgan fingerprint density at radius 3 is 2.72 bits per heavy atom. The van der Waals surface area contributed by atoms with Crippen LogP contribution in [0.4, 0.5) is 18.3 Å². The summed E-state index contributed by atoms with van der Waals surface area (Å²) in [5, 5.41) is 7.09. The average Bonchev–Trinajstić information content (AvgIpc) is 3.21. The third kappa shape index (κ3) is 4.16. The van der Waals surface area contributed by atoms with Gasteiger partial charge in [0.2, 0.25) is 11.8 Å². The highest BCUT2D eigenvalue weighted by molar-refractivity contribution is 7.13. The predicted octanol–water partition coefficient (Wildman–Crippen LogP) is 3.02. The standard InChI is InChI=1S/C16H14F3N3O2S/c17-16(18,19)12-4-2-1-3-9(12)10-7-11(10)14(24)21-8-13(23)22-15-20-5-6-25-15/h1-6,10-11H,7-8H2,(H,21,24)(H,20,22,23)/t10-,11+/m0/s1. The molecule has 3 rings (SSSR count). The van der Waals surface area contributed by atoms with Crippen LogP contribution in [0.15, 0.2) is 35.8 Å². The second-order valence-electron chi connectivity index (χ2n) is 5.64. The summed E-state index contributed by atoms with van der Waals surface area (Å²) in [6.07, 6.45) is -2.58. The second-order valence-corrected chi connectivity index (χ2v) is 6.53. The van der Waals surface area contributed by atoms with E-state index in [0.717, 1.165) is 6.07 Å². The number of alkyl halides is 3. The van der Waals surface area contributed by atoms with Gasteiger partial charge in [0.15, 0.2) is 5.13 Å². The molecule has 5 nitrogen and oxygen atoms in total. The van der Waals surface area contributed by atoms with E-state index >= 15 is 0 Å². The Morgan fingerprint density at radius 2 is 2.04 bits per heavy atom. The number of nitrogens with one attached hydrogen (secondary N) is 2. The van der Waals surface area contributed by atoms with Crippen molar-refractivity contribution in [1.29, 1.82) is 0 Å². The summed E-state index contributed by atoms with van der Waals surface area (Å²) in [5.41, 5.74) is -0.584. The van der Waals surface area contributed by atoms with E-state index in [1.807, 2.05) is 0 Å². The van der Waals surface area contributed by atoms with Crippen molar-refractivity contribution in [3.63, 3.8) is 0 Å². The molecule has 1 aromatic heterocycles. The molecular formula is C16H14F3N3O2S. The lowest BCUT2D eigenvalue weighted by Crippen LogP contribution is -2.34. The zero-order valence-electron chi connectivity index (χ0n) is 12.8. The summed E-state index contributed by atoms with van der Waals surface area (Å²) >= 11 is 1.24. The van der Waals surface area contributed by atoms with Crippen molar-refractivity contribution in [2.75, 3.05) is 11.9 Å². The number of halogens is 3. The first-order chi connectivity index (χ1) is 11.9. The zero-order chi connectivity index (χ0) is 18.0. The minimum atomic E-state index is -4.45. The Bertz CT molecular complexity index is 777. The van der Waals surface area contributed by atoms with Crippen molar-refractivity contribution in [3.05, 3.63) is 47.0 Å². The van der Waals surface area contributed by atoms with E-state index in [0.29, 0.717) is 11.6 Å². The van der Waals surface area contributed by atoms with E-state index < -0.39 is 35.4 Å². The van der Waals surface area contributed by atoms with Crippen LogP contribution < -0.4 is 10.6 Å². The summed E-state index contributed by atoms with van der Waals surface area (Å²) in [6, 6.07) is 5.27. The normalized spacial score (nSPS) is 19.3. The first-order valence-electron chi connectivity index (χ1n) is 7.49. The van der Waals surface area contributed by atoms with Gasteiger partial charge in [0.05, 0.1) is 12.1 Å². The number of amides is 2. The molecule has 2 aromatic rings. The summed E-state index contributed by atoms with van der Waals surface area (Å²) in [7, 11) is 0. The molecule has 25 heavy (non-hydrogen) atoms. The number of thiazole rings is 1. The quantitative estimate of drug-likeness (QED) is 0.851. The molecule has 1 saturated carbocycles. The Kier molecular flexibility index (Phi) is 4.76. The SMILES string of the molecule is O=C(CNC(=O)[C@@H]1C[C@H]1c1ccccc1C(F)(F)F)Nc1nccs1. The number of carbonyl (C=O) groups excluding carboxylic acids is 2. The lowest BCUT2D eigenvalue weighted by atomic mass is 10.0. The summed E-state index contributed by atoms with van der Waals surface area (Å²) < 4.78 is 39.1. The van der Waals surface area contributed by atoms with Crippen LogP contribution in [-0.4, -0.2) is 23.3 Å². The van der Waals surface area contributed by atoms with Gasteiger partial charge in [-0.3, -0.25) is 9.59 Å². The molecule has 1 heterocycles. The van der Waals surface area contributed by atoms with Gasteiger partial charge in [0.25, 0.3) is 0 Å². The topological polar surface area (TPSA) is 71.1 Å². The molecule has 1 aromatic carbocycles. The number of rotatable bonds is 5. The number of benzene rings is 1. The molecule has 9 heteroatoms. The molecule has 0 radical (unpaired) electrons. The lowest BCUT2D eigenvalue weighted by molar-refractivity contribution is -0.138. The van der Waals surface area contributed by atoms with Crippen molar-refractivity contribution >= 4 is 28.3 Å². The molecule has 0 unspecified atom stereocenters. The number of aromatic nitrogens is 1. The molecule has 0 aliphatic heterocycles. The fraction of sp³-hybridized carbons (Fsp3) is 0.312. The Balaban J connectivity index is 1.55. The molecule has 2 N–H and O–H groups in total. The monoisotopic (exact) mass is 369 g/mol. The van der Waals surface area contributed by atoms with Crippen LogP contribution in [0.25, 0.3) is 0 Å². The maximum absolute atomic E-state index is 13.0. The summed E-state index contributed by atoms with van der Waals surface area (Å²) in [6.45, 7) is -0.247. The number of hydrogen-bond donors (Lipinski definition) is 2. The van der Waals surface area contributed by atoms with Gasteiger partial charge in [-0.1, -0.05) is 18.2 Å². The maximum atomic E-state index is 13.0. The van der Waals surface area contributed by atoms with Crippen molar-refractivity contribution < 1.29 is 22.8 Å². The molecule has 1 aliphatic carbocycles. The number of carbonyl (C=O) groups is 2. The third-order valence-electron chi connectivity index (χ3n) is 3.89. The average molecular weight is 369 g/mol. The van der Waals surface area contributed by atoms with Gasteiger partial charge in [-0.05, 0) is 24.0 Å². The Morgan fingerprint density at radius 1 is 1.28 bits per heavy atom. The Hall–Kier alpha value is -2.42. The number of nitrogens with zero attached hydrogens (tertiary/aromatic N) is 1. The minimum Gasteiger partial charge on any atom is -0.347 e. The van der Waals surface area contributed by atoms with Gasteiger partial charge < -0.3 is 10.6 Å². The summed E-state index contributed by atoms with van der Waals surface area (Å²) in [4.78, 5) is 27.6. The van der Waals surface area contributed by atoms with E-state index in [4.69, 9.17) is 0 Å². The number of hydrogen-bond acceptors (Lipinski definition) is 4. The van der Waals surface area contributed by atoms with Crippen LogP contribution in [0.3, 0.4) is 0 Å². The van der Waals surface area contributed by atoms with Crippen LogP contribution in [0.1, 0.15) is 23.5 Å². The van der Waals surface area contributed by atoms with E-state index in [1.165, 1.54) is 35.7 Å². The maximum Gasteiger partial charge on any atom is 0.416 e. The molecular weight excluding hydrogens is 355 g/mol. The molecule has 132 valence electrons. The fourth-order valence-electron chi connectivity index (χ4n) is 2.65. The van der Waals surface area contributed by atoms with Crippen LogP contribution >= 0.6 is 11.3 Å². The van der Waals surface area contributed by atoms with Crippen molar-refractivity contribution in [2.45, 2.75) is 18.5 Å². The van der Waals surface area contributed by atoms with Gasteiger partial charge in [0, 0.05) is 17.5 Å². The van der Waals surface area contributed by atoms with Gasteiger partial charge in [-0.15, -0.1) is 11.3 Å². The largest absolute Gasteiger partial charge is 0.416 e. The molecule has 1 aliphatic rings. The van der Waals surface area contributed by atoms with E-state index in [9.17, 15) is 22.8 Å². The molecule has 0 saturated heterocycles. The molecule has 2 amide bonds. The molecule has 1 fully saturated rings. The highest BCUT2D eigenvalue weighted by atomic mass is 32.1. The predicted molar refractivity (Wildman–Crippen MR) is 86.0 cm³/mol. The highest BCUT2D eigenvalue weighted by Gasteiger charge is 2.47. The third-order valence-corrected chi connectivity index (χ3v) is 4.58. The first kappa shape index (κ1) is 17.4. The second kappa shape index (κ2) is 6.83. The van der Waals surface area contributed by atoms with Gasteiger partial charge in [0.1, 0.15) is 0 Å². The van der Waals surface area contributed by atoms with Crippen LogP contribution in [0, 0.1) is 5.92 Å². The summed E-state index contributed by atoms with van der Waals surface area (Å²) in [5.74, 6) is -1.87. The van der Waals surface area contributed by atoms with E-state index in [2.05, 4.69) is 15.6 Å².